The van der Waals surface area contributed by atoms with Crippen LogP contribution in [0.1, 0.15) is 0 Å². The number of para-hydroxylation sites is 1. The number of benzene rings is 9. The van der Waals surface area contributed by atoms with Gasteiger partial charge < -0.3 is 13.7 Å². The number of oxazole rings is 1. The van der Waals surface area contributed by atoms with Gasteiger partial charge in [0.25, 0.3) is 0 Å². The van der Waals surface area contributed by atoms with Gasteiger partial charge in [0.2, 0.25) is 5.89 Å². The average molecular weight is 787 g/mol. The topological polar surface area (TPSA) is 42.4 Å². The molecule has 0 saturated heterocycles. The van der Waals surface area contributed by atoms with Crippen LogP contribution in [0.2, 0.25) is 0 Å². The first-order valence-electron chi connectivity index (χ1n) is 20.1. The second-order valence-corrected chi connectivity index (χ2v) is 16.1. The van der Waals surface area contributed by atoms with Gasteiger partial charge in [-0.15, -0.1) is 11.3 Å². The number of furan rings is 1. The highest BCUT2D eigenvalue weighted by atomic mass is 32.1. The Morgan fingerprint density at radius 1 is 0.400 bits per heavy atom. The van der Waals surface area contributed by atoms with Crippen LogP contribution in [-0.2, 0) is 0 Å². The molecular weight excluding hydrogens is 753 g/mol. The number of rotatable bonds is 7. The predicted octanol–water partition coefficient (Wildman–Crippen LogP) is 16.2. The second-order valence-electron chi connectivity index (χ2n) is 15.1. The minimum atomic E-state index is 0.581. The van der Waals surface area contributed by atoms with Crippen molar-refractivity contribution in [3.05, 3.63) is 206 Å². The molecule has 0 aliphatic heterocycles. The fourth-order valence-electron chi connectivity index (χ4n) is 8.63. The zero-order valence-corrected chi connectivity index (χ0v) is 33.1. The maximum absolute atomic E-state index is 6.62. The Bertz CT molecular complexity index is 3510. The van der Waals surface area contributed by atoms with Gasteiger partial charge >= 0.3 is 0 Å². The summed E-state index contributed by atoms with van der Waals surface area (Å²) in [6, 6.07) is 72.7. The van der Waals surface area contributed by atoms with Crippen LogP contribution in [0, 0.1) is 0 Å². The lowest BCUT2D eigenvalue weighted by atomic mass is 10.00. The molecule has 4 nitrogen and oxygen atoms in total. The molecule has 0 bridgehead atoms. The molecule has 12 rings (SSSR count). The SMILES string of the molecule is c1ccc(-c2ccc(N(c3ccc(-c4c5oc(-c6ccccc6)nc5cc5c4oc4ccccc45)cc3)c3ccc(-c4cccc5c4sc4ccccc45)cc3)cc2)cc1. The van der Waals surface area contributed by atoms with Crippen LogP contribution in [0.5, 0.6) is 0 Å². The number of fused-ring (bicyclic) bond motifs is 7. The first kappa shape index (κ1) is 34.3. The lowest BCUT2D eigenvalue weighted by molar-refractivity contribution is 0.619. The normalized spacial score (nSPS) is 11.7. The van der Waals surface area contributed by atoms with Crippen LogP contribution in [-0.4, -0.2) is 4.98 Å². The van der Waals surface area contributed by atoms with E-state index >= 15 is 0 Å². The molecule has 0 radical (unpaired) electrons. The van der Waals surface area contributed by atoms with E-state index in [-0.39, 0.29) is 0 Å². The Morgan fingerprint density at radius 3 is 1.68 bits per heavy atom. The third-order valence-corrected chi connectivity index (χ3v) is 12.8. The molecule has 0 aliphatic carbocycles. The Hall–Kier alpha value is -7.73. The standard InChI is InChI=1S/C55H34N2O2S/c1-3-12-35(13-4-1)36-22-28-40(29-23-36)57(41-30-24-37(25-31-41)43-18-11-19-46-45-17-8-10-21-50(45)60-54(43)46)42-32-26-38(27-33-42)51-52-47(44-16-7-9-20-49(44)58-52)34-48-53(51)59-55(56-48)39-14-5-2-6-15-39/h1-34H. The lowest BCUT2D eigenvalue weighted by Gasteiger charge is -2.26. The molecule has 0 aliphatic rings. The van der Waals surface area contributed by atoms with Gasteiger partial charge in [-0.2, -0.15) is 0 Å². The summed E-state index contributed by atoms with van der Waals surface area (Å²) < 4.78 is 15.9. The summed E-state index contributed by atoms with van der Waals surface area (Å²) in [4.78, 5) is 7.32. The molecule has 0 fully saturated rings. The van der Waals surface area contributed by atoms with Crippen molar-refractivity contribution in [2.45, 2.75) is 0 Å². The van der Waals surface area contributed by atoms with Gasteiger partial charge in [-0.25, -0.2) is 4.98 Å². The summed E-state index contributed by atoms with van der Waals surface area (Å²) in [5.74, 6) is 0.581. The number of aromatic nitrogens is 1. The molecular formula is C55H34N2O2S. The first-order chi connectivity index (χ1) is 29.7. The number of hydrogen-bond donors (Lipinski definition) is 0. The Kier molecular flexibility index (Phi) is 8.00. The summed E-state index contributed by atoms with van der Waals surface area (Å²) >= 11 is 1.86. The van der Waals surface area contributed by atoms with E-state index in [9.17, 15) is 0 Å². The Morgan fingerprint density at radius 2 is 0.967 bits per heavy atom. The zero-order valence-electron chi connectivity index (χ0n) is 32.2. The molecule has 282 valence electrons. The van der Waals surface area contributed by atoms with Crippen molar-refractivity contribution in [3.8, 4) is 44.8 Å². The van der Waals surface area contributed by atoms with Crippen LogP contribution >= 0.6 is 11.3 Å². The first-order valence-corrected chi connectivity index (χ1v) is 20.9. The smallest absolute Gasteiger partial charge is 0.227 e. The predicted molar refractivity (Wildman–Crippen MR) is 251 cm³/mol. The molecule has 12 aromatic rings. The molecule has 3 heterocycles. The van der Waals surface area contributed by atoms with E-state index in [1.807, 2.05) is 59.9 Å². The summed E-state index contributed by atoms with van der Waals surface area (Å²) in [5, 5.41) is 4.67. The quantitative estimate of drug-likeness (QED) is 0.161. The van der Waals surface area contributed by atoms with Crippen LogP contribution in [0.3, 0.4) is 0 Å². The third-order valence-electron chi connectivity index (χ3n) is 11.5. The maximum atomic E-state index is 6.62. The Balaban J connectivity index is 0.985. The lowest BCUT2D eigenvalue weighted by Crippen LogP contribution is -2.09. The van der Waals surface area contributed by atoms with Crippen molar-refractivity contribution in [1.29, 1.82) is 0 Å². The molecule has 0 unspecified atom stereocenters. The largest absolute Gasteiger partial charge is 0.455 e. The molecule has 0 N–H and O–H groups in total. The molecule has 0 saturated carbocycles. The fourth-order valence-corrected chi connectivity index (χ4v) is 9.87. The molecule has 0 atom stereocenters. The second kappa shape index (κ2) is 14.0. The highest BCUT2D eigenvalue weighted by molar-refractivity contribution is 7.26. The van der Waals surface area contributed by atoms with E-state index in [0.29, 0.717) is 11.5 Å². The molecule has 9 aromatic carbocycles. The van der Waals surface area contributed by atoms with E-state index in [2.05, 4.69) is 163 Å². The van der Waals surface area contributed by atoms with Crippen LogP contribution in [0.25, 0.3) is 98.0 Å². The van der Waals surface area contributed by atoms with Crippen LogP contribution in [0.4, 0.5) is 17.1 Å². The van der Waals surface area contributed by atoms with Crippen molar-refractivity contribution in [2.75, 3.05) is 4.90 Å². The molecule has 60 heavy (non-hydrogen) atoms. The summed E-state index contributed by atoms with van der Waals surface area (Å²) in [6.07, 6.45) is 0. The van der Waals surface area contributed by atoms with E-state index in [0.717, 1.165) is 61.2 Å². The van der Waals surface area contributed by atoms with Crippen molar-refractivity contribution in [1.82, 2.24) is 4.98 Å². The number of thiophene rings is 1. The minimum absolute atomic E-state index is 0.581. The summed E-state index contributed by atoms with van der Waals surface area (Å²) in [6.45, 7) is 0. The maximum Gasteiger partial charge on any atom is 0.227 e. The van der Waals surface area contributed by atoms with Gasteiger partial charge in [0, 0.05) is 53.6 Å². The van der Waals surface area contributed by atoms with Gasteiger partial charge in [-0.3, -0.25) is 0 Å². The summed E-state index contributed by atoms with van der Waals surface area (Å²) in [5.41, 5.74) is 13.9. The van der Waals surface area contributed by atoms with Crippen molar-refractivity contribution >= 4 is 81.6 Å². The average Bonchev–Trinajstić information content (AvgIpc) is 4.03. The van der Waals surface area contributed by atoms with Crippen molar-refractivity contribution in [2.24, 2.45) is 0 Å². The van der Waals surface area contributed by atoms with Gasteiger partial charge in [0.15, 0.2) is 5.58 Å². The van der Waals surface area contributed by atoms with E-state index in [4.69, 9.17) is 13.8 Å². The van der Waals surface area contributed by atoms with Gasteiger partial charge in [0.1, 0.15) is 16.7 Å². The zero-order chi connectivity index (χ0) is 39.6. The molecule has 0 spiro atoms. The van der Waals surface area contributed by atoms with Gasteiger partial charge in [-0.1, -0.05) is 140 Å². The molecule has 0 amide bonds. The van der Waals surface area contributed by atoms with E-state index in [1.165, 1.54) is 42.4 Å². The van der Waals surface area contributed by atoms with E-state index in [1.54, 1.807) is 0 Å². The summed E-state index contributed by atoms with van der Waals surface area (Å²) in [7, 11) is 0. The minimum Gasteiger partial charge on any atom is -0.455 e. The van der Waals surface area contributed by atoms with Crippen LogP contribution < -0.4 is 4.90 Å². The number of nitrogens with zero attached hydrogens (tertiary/aromatic N) is 2. The monoisotopic (exact) mass is 786 g/mol. The van der Waals surface area contributed by atoms with Crippen molar-refractivity contribution < 1.29 is 8.83 Å². The van der Waals surface area contributed by atoms with Crippen molar-refractivity contribution in [3.63, 3.8) is 0 Å². The van der Waals surface area contributed by atoms with Gasteiger partial charge in [0.05, 0.1) is 5.56 Å². The molecule has 3 aromatic heterocycles. The Labute approximate surface area is 349 Å². The van der Waals surface area contributed by atoms with E-state index < -0.39 is 0 Å². The fraction of sp³-hybridized carbons (Fsp3) is 0. The number of hydrogen-bond acceptors (Lipinski definition) is 5. The highest BCUT2D eigenvalue weighted by Crippen LogP contribution is 2.45. The third kappa shape index (κ3) is 5.70. The van der Waals surface area contributed by atoms with Crippen LogP contribution in [0.15, 0.2) is 215 Å². The highest BCUT2D eigenvalue weighted by Gasteiger charge is 2.22. The number of anilines is 3. The van der Waals surface area contributed by atoms with Gasteiger partial charge in [-0.05, 0) is 94.5 Å². The molecule has 5 heteroatoms.